The van der Waals surface area contributed by atoms with Crippen LogP contribution in [0.5, 0.6) is 0 Å². The molecule has 1 heterocycles. The highest BCUT2D eigenvalue weighted by atomic mass is 32.2. The number of hydrogen-bond acceptors (Lipinski definition) is 4. The number of thioether (sulfide) groups is 1. The Kier molecular flexibility index (Phi) is 5.20. The van der Waals surface area contributed by atoms with E-state index in [4.69, 9.17) is 10.2 Å². The van der Waals surface area contributed by atoms with Crippen molar-refractivity contribution in [2.24, 2.45) is 0 Å². The number of fused-ring (bicyclic) bond motifs is 1. The van der Waals surface area contributed by atoms with Crippen LogP contribution in [0.4, 0.5) is 0 Å². The van der Waals surface area contributed by atoms with Crippen molar-refractivity contribution in [3.05, 3.63) is 70.0 Å². The maximum absolute atomic E-state index is 12.9. The van der Waals surface area contributed by atoms with Crippen molar-refractivity contribution in [1.29, 1.82) is 5.26 Å². The van der Waals surface area contributed by atoms with Crippen molar-refractivity contribution in [3.8, 4) is 6.07 Å². The normalized spacial score (nSPS) is 12.0. The summed E-state index contributed by atoms with van der Waals surface area (Å²) in [6.45, 7) is 4.12. The van der Waals surface area contributed by atoms with Gasteiger partial charge in [-0.25, -0.2) is 4.98 Å². The number of hydrogen-bond donors (Lipinski definition) is 0. The van der Waals surface area contributed by atoms with Gasteiger partial charge in [0.2, 0.25) is 0 Å². The lowest BCUT2D eigenvalue weighted by atomic mass is 10.2. The minimum Gasteiger partial charge on any atom is -0.284 e. The first-order chi connectivity index (χ1) is 12.1. The molecular formula is C20H19N3OS. The Hall–Kier alpha value is -2.58. The summed E-state index contributed by atoms with van der Waals surface area (Å²) in [4.78, 5) is 17.6. The third-order valence-electron chi connectivity index (χ3n) is 4.26. The minimum atomic E-state index is 0.0160. The van der Waals surface area contributed by atoms with Gasteiger partial charge < -0.3 is 0 Å². The summed E-state index contributed by atoms with van der Waals surface area (Å²) in [7, 11) is 0. The van der Waals surface area contributed by atoms with Gasteiger partial charge in [-0.15, -0.1) is 0 Å². The van der Waals surface area contributed by atoms with Crippen LogP contribution in [0, 0.1) is 11.3 Å². The molecule has 0 radical (unpaired) electrons. The molecule has 2 aromatic carbocycles. The van der Waals surface area contributed by atoms with Crippen molar-refractivity contribution in [3.63, 3.8) is 0 Å². The summed E-state index contributed by atoms with van der Waals surface area (Å²) in [5.41, 5.74) is 2.49. The van der Waals surface area contributed by atoms with Crippen LogP contribution >= 0.6 is 11.8 Å². The SMILES string of the molecule is CC[C@H](C)n1c(SCc2ccc(C#N)cc2)nc2ccccc2c1=O. The van der Waals surface area contributed by atoms with Gasteiger partial charge in [0.15, 0.2) is 5.16 Å². The molecule has 4 nitrogen and oxygen atoms in total. The van der Waals surface area contributed by atoms with Gasteiger partial charge in [-0.3, -0.25) is 9.36 Å². The molecule has 0 spiro atoms. The first-order valence-electron chi connectivity index (χ1n) is 8.27. The van der Waals surface area contributed by atoms with Gasteiger partial charge >= 0.3 is 0 Å². The van der Waals surface area contributed by atoms with Gasteiger partial charge in [0.1, 0.15) is 0 Å². The molecule has 0 amide bonds. The van der Waals surface area contributed by atoms with E-state index < -0.39 is 0 Å². The smallest absolute Gasteiger partial charge is 0.262 e. The fourth-order valence-corrected chi connectivity index (χ4v) is 3.68. The standard InChI is InChI=1S/C20H19N3OS/c1-3-14(2)23-19(24)17-6-4-5-7-18(17)22-20(23)25-13-16-10-8-15(12-21)9-11-16/h4-11,14H,3,13H2,1-2H3/t14-/m0/s1. The lowest BCUT2D eigenvalue weighted by Gasteiger charge is -2.18. The molecule has 126 valence electrons. The van der Waals surface area contributed by atoms with Crippen LogP contribution in [0.25, 0.3) is 10.9 Å². The van der Waals surface area contributed by atoms with E-state index in [1.807, 2.05) is 55.5 Å². The van der Waals surface area contributed by atoms with E-state index in [0.29, 0.717) is 16.7 Å². The first kappa shape index (κ1) is 17.2. The Balaban J connectivity index is 1.98. The Morgan fingerprint density at radius 2 is 1.92 bits per heavy atom. The average Bonchev–Trinajstić information content (AvgIpc) is 2.66. The maximum atomic E-state index is 12.9. The predicted octanol–water partition coefficient (Wildman–Crippen LogP) is 4.53. The zero-order valence-corrected chi connectivity index (χ0v) is 15.1. The Bertz CT molecular complexity index is 986. The van der Waals surface area contributed by atoms with Crippen LogP contribution in [0.15, 0.2) is 58.5 Å². The van der Waals surface area contributed by atoms with E-state index in [1.54, 1.807) is 16.3 Å². The third-order valence-corrected chi connectivity index (χ3v) is 5.28. The molecule has 0 aliphatic heterocycles. The molecule has 0 N–H and O–H groups in total. The molecule has 0 saturated carbocycles. The topological polar surface area (TPSA) is 58.7 Å². The molecule has 3 aromatic rings. The highest BCUT2D eigenvalue weighted by Crippen LogP contribution is 2.25. The largest absolute Gasteiger partial charge is 0.284 e. The van der Waals surface area contributed by atoms with Gasteiger partial charge in [0.25, 0.3) is 5.56 Å². The molecule has 25 heavy (non-hydrogen) atoms. The summed E-state index contributed by atoms with van der Waals surface area (Å²) in [6, 6.07) is 17.2. The van der Waals surface area contributed by atoms with Gasteiger partial charge in [-0.05, 0) is 43.2 Å². The van der Waals surface area contributed by atoms with Crippen molar-refractivity contribution in [2.75, 3.05) is 0 Å². The van der Waals surface area contributed by atoms with E-state index in [2.05, 4.69) is 13.0 Å². The molecule has 5 heteroatoms. The van der Waals surface area contributed by atoms with Gasteiger partial charge in [-0.2, -0.15) is 5.26 Å². The summed E-state index contributed by atoms with van der Waals surface area (Å²) >= 11 is 1.56. The van der Waals surface area contributed by atoms with E-state index in [0.717, 1.165) is 22.7 Å². The van der Waals surface area contributed by atoms with Gasteiger partial charge in [0, 0.05) is 11.8 Å². The van der Waals surface area contributed by atoms with Crippen LogP contribution in [0.3, 0.4) is 0 Å². The second kappa shape index (κ2) is 7.54. The van der Waals surface area contributed by atoms with Crippen LogP contribution in [-0.4, -0.2) is 9.55 Å². The van der Waals surface area contributed by atoms with Crippen molar-refractivity contribution < 1.29 is 0 Å². The fraction of sp³-hybridized carbons (Fsp3) is 0.250. The number of benzene rings is 2. The highest BCUT2D eigenvalue weighted by molar-refractivity contribution is 7.98. The quantitative estimate of drug-likeness (QED) is 0.501. The fourth-order valence-electron chi connectivity index (χ4n) is 2.62. The van der Waals surface area contributed by atoms with Crippen molar-refractivity contribution in [1.82, 2.24) is 9.55 Å². The zero-order chi connectivity index (χ0) is 17.8. The highest BCUT2D eigenvalue weighted by Gasteiger charge is 2.15. The average molecular weight is 349 g/mol. The summed E-state index contributed by atoms with van der Waals surface area (Å²) in [6.07, 6.45) is 0.865. The van der Waals surface area contributed by atoms with Gasteiger partial charge in [0.05, 0.1) is 22.5 Å². The second-order valence-corrected chi connectivity index (χ2v) is 6.88. The second-order valence-electron chi connectivity index (χ2n) is 5.94. The van der Waals surface area contributed by atoms with E-state index >= 15 is 0 Å². The molecule has 1 atom stereocenters. The monoisotopic (exact) mass is 349 g/mol. The van der Waals surface area contributed by atoms with Crippen molar-refractivity contribution in [2.45, 2.75) is 37.2 Å². The Labute approximate surface area is 151 Å². The lowest BCUT2D eigenvalue weighted by molar-refractivity contribution is 0.468. The van der Waals surface area contributed by atoms with E-state index in [-0.39, 0.29) is 11.6 Å². The van der Waals surface area contributed by atoms with Gasteiger partial charge in [-0.1, -0.05) is 43.0 Å². The minimum absolute atomic E-state index is 0.0160. The summed E-state index contributed by atoms with van der Waals surface area (Å²) in [5, 5.41) is 10.3. The predicted molar refractivity (Wildman–Crippen MR) is 102 cm³/mol. The molecule has 0 unspecified atom stereocenters. The lowest BCUT2D eigenvalue weighted by Crippen LogP contribution is -2.26. The van der Waals surface area contributed by atoms with Crippen LogP contribution < -0.4 is 5.56 Å². The van der Waals surface area contributed by atoms with Crippen LogP contribution in [-0.2, 0) is 5.75 Å². The van der Waals surface area contributed by atoms with E-state index in [9.17, 15) is 4.79 Å². The first-order valence-corrected chi connectivity index (χ1v) is 9.25. The number of nitrogens with zero attached hydrogens (tertiary/aromatic N) is 3. The molecule has 0 aliphatic rings. The molecule has 0 saturated heterocycles. The Morgan fingerprint density at radius 3 is 2.60 bits per heavy atom. The summed E-state index contributed by atoms with van der Waals surface area (Å²) < 4.78 is 1.80. The molecule has 0 fully saturated rings. The zero-order valence-electron chi connectivity index (χ0n) is 14.3. The molecule has 0 bridgehead atoms. The molecular weight excluding hydrogens is 330 g/mol. The number of para-hydroxylation sites is 1. The van der Waals surface area contributed by atoms with Crippen molar-refractivity contribution >= 4 is 22.7 Å². The maximum Gasteiger partial charge on any atom is 0.262 e. The number of aromatic nitrogens is 2. The van der Waals surface area contributed by atoms with Crippen LogP contribution in [0.1, 0.15) is 37.4 Å². The van der Waals surface area contributed by atoms with E-state index in [1.165, 1.54) is 0 Å². The third kappa shape index (κ3) is 3.59. The molecule has 0 aliphatic carbocycles. The number of nitriles is 1. The summed E-state index contributed by atoms with van der Waals surface area (Å²) in [5.74, 6) is 0.701. The Morgan fingerprint density at radius 1 is 1.20 bits per heavy atom. The number of rotatable bonds is 5. The molecule has 1 aromatic heterocycles. The van der Waals surface area contributed by atoms with Crippen LogP contribution in [0.2, 0.25) is 0 Å². The molecule has 3 rings (SSSR count).